The third-order valence-electron chi connectivity index (χ3n) is 2.51. The minimum Gasteiger partial charge on any atom is -0.463 e. The first-order valence-electron chi connectivity index (χ1n) is 5.12. The minimum absolute atomic E-state index is 0.151. The summed E-state index contributed by atoms with van der Waals surface area (Å²) >= 11 is 0. The Morgan fingerprint density at radius 1 is 1.64 bits per heavy atom. The fourth-order valence-corrected chi connectivity index (χ4v) is 1.79. The summed E-state index contributed by atoms with van der Waals surface area (Å²) in [6, 6.07) is 0. The first-order chi connectivity index (χ1) is 6.44. The highest BCUT2D eigenvalue weighted by molar-refractivity contribution is 6.27. The molecule has 3 nitrogen and oxygen atoms in total. The molecule has 1 saturated carbocycles. The van der Waals surface area contributed by atoms with Crippen molar-refractivity contribution in [3.63, 3.8) is 0 Å². The van der Waals surface area contributed by atoms with Gasteiger partial charge in [-0.2, -0.15) is 0 Å². The fraction of sp³-hybridized carbons (Fsp3) is 0.900. The van der Waals surface area contributed by atoms with Crippen LogP contribution in [-0.4, -0.2) is 31.1 Å². The van der Waals surface area contributed by atoms with Gasteiger partial charge in [0.2, 0.25) is 0 Å². The molecule has 1 aliphatic carbocycles. The molecule has 2 unspecified atom stereocenters. The Morgan fingerprint density at radius 3 is 2.79 bits per heavy atom. The van der Waals surface area contributed by atoms with E-state index in [1.54, 1.807) is 13.8 Å². The van der Waals surface area contributed by atoms with E-state index in [-0.39, 0.29) is 12.1 Å². The summed E-state index contributed by atoms with van der Waals surface area (Å²) in [5.74, 6) is -0.383. The van der Waals surface area contributed by atoms with Crippen molar-refractivity contribution in [1.82, 2.24) is 0 Å². The van der Waals surface area contributed by atoms with E-state index in [2.05, 4.69) is 0 Å². The topological polar surface area (TPSA) is 46.5 Å². The van der Waals surface area contributed by atoms with Crippen molar-refractivity contribution < 1.29 is 14.6 Å². The van der Waals surface area contributed by atoms with Crippen molar-refractivity contribution in [2.75, 3.05) is 0 Å². The number of aliphatic hydroxyl groups excluding tert-OH is 1. The van der Waals surface area contributed by atoms with E-state index in [1.165, 1.54) is 0 Å². The zero-order chi connectivity index (χ0) is 10.8. The number of esters is 1. The molecule has 0 heterocycles. The second-order valence-electron chi connectivity index (χ2n) is 4.36. The standard InChI is InChI=1S/C10H17BO3/c1-7(2)14-9(13)10(11)5-3-4-8(12)6-10/h7-8,12H,3-6H2,1-2H3. The van der Waals surface area contributed by atoms with Crippen molar-refractivity contribution in [1.29, 1.82) is 0 Å². The Balaban J connectivity index is 2.59. The van der Waals surface area contributed by atoms with Gasteiger partial charge < -0.3 is 9.84 Å². The van der Waals surface area contributed by atoms with Gasteiger partial charge in [0.05, 0.1) is 20.1 Å². The van der Waals surface area contributed by atoms with Crippen LogP contribution in [0.2, 0.25) is 5.31 Å². The lowest BCUT2D eigenvalue weighted by Crippen LogP contribution is -2.35. The predicted molar refractivity (Wildman–Crippen MR) is 54.1 cm³/mol. The SMILES string of the molecule is [B]C1(C(=O)OC(C)C)CCCC(O)C1. The van der Waals surface area contributed by atoms with Gasteiger partial charge in [-0.15, -0.1) is 0 Å². The zero-order valence-corrected chi connectivity index (χ0v) is 8.82. The van der Waals surface area contributed by atoms with Crippen LogP contribution < -0.4 is 0 Å². The monoisotopic (exact) mass is 196 g/mol. The normalized spacial score (nSPS) is 33.0. The van der Waals surface area contributed by atoms with Crippen molar-refractivity contribution >= 4 is 13.8 Å². The largest absolute Gasteiger partial charge is 0.463 e. The van der Waals surface area contributed by atoms with Gasteiger partial charge >= 0.3 is 5.97 Å². The Labute approximate surface area is 86.2 Å². The summed E-state index contributed by atoms with van der Waals surface area (Å²) < 4.78 is 5.07. The van der Waals surface area contributed by atoms with Crippen molar-refractivity contribution in [3.8, 4) is 0 Å². The molecule has 0 amide bonds. The number of rotatable bonds is 2. The first-order valence-corrected chi connectivity index (χ1v) is 5.12. The second-order valence-corrected chi connectivity index (χ2v) is 4.36. The van der Waals surface area contributed by atoms with Crippen LogP contribution in [-0.2, 0) is 9.53 Å². The molecule has 0 bridgehead atoms. The van der Waals surface area contributed by atoms with Gasteiger partial charge in [-0.1, -0.05) is 6.42 Å². The predicted octanol–water partition coefficient (Wildman–Crippen LogP) is 1.20. The van der Waals surface area contributed by atoms with Crippen LogP contribution >= 0.6 is 0 Å². The zero-order valence-electron chi connectivity index (χ0n) is 8.82. The maximum Gasteiger partial charge on any atom is 0.303 e. The summed E-state index contributed by atoms with van der Waals surface area (Å²) in [5, 5.41) is 8.47. The van der Waals surface area contributed by atoms with Gasteiger partial charge in [-0.25, -0.2) is 0 Å². The molecule has 4 heteroatoms. The lowest BCUT2D eigenvalue weighted by molar-refractivity contribution is -0.153. The molecule has 0 aliphatic heterocycles. The number of hydrogen-bond donors (Lipinski definition) is 1. The lowest BCUT2D eigenvalue weighted by atomic mass is 9.59. The molecule has 1 fully saturated rings. The van der Waals surface area contributed by atoms with Gasteiger partial charge in [-0.05, 0) is 33.1 Å². The molecule has 0 aromatic carbocycles. The average molecular weight is 196 g/mol. The Morgan fingerprint density at radius 2 is 2.29 bits per heavy atom. The third kappa shape index (κ3) is 2.74. The van der Waals surface area contributed by atoms with Crippen LogP contribution in [0.15, 0.2) is 0 Å². The van der Waals surface area contributed by atoms with Crippen molar-refractivity contribution in [2.45, 2.75) is 57.1 Å². The number of aliphatic hydroxyl groups is 1. The van der Waals surface area contributed by atoms with E-state index in [0.717, 1.165) is 12.8 Å². The van der Waals surface area contributed by atoms with Crippen LogP contribution in [0.5, 0.6) is 0 Å². The highest BCUT2D eigenvalue weighted by Gasteiger charge is 2.39. The summed E-state index contributed by atoms with van der Waals surface area (Å²) in [4.78, 5) is 11.6. The highest BCUT2D eigenvalue weighted by atomic mass is 16.5. The molecular formula is C10H17BO3. The number of carbonyl (C=O) groups excluding carboxylic acids is 1. The highest BCUT2D eigenvalue weighted by Crippen LogP contribution is 2.41. The molecule has 78 valence electrons. The first kappa shape index (κ1) is 11.6. The van der Waals surface area contributed by atoms with Crippen LogP contribution in [0.25, 0.3) is 0 Å². The van der Waals surface area contributed by atoms with Gasteiger partial charge in [0.25, 0.3) is 0 Å². The van der Waals surface area contributed by atoms with E-state index in [0.29, 0.717) is 12.8 Å². The van der Waals surface area contributed by atoms with E-state index in [4.69, 9.17) is 12.6 Å². The van der Waals surface area contributed by atoms with Gasteiger partial charge in [-0.3, -0.25) is 4.79 Å². The van der Waals surface area contributed by atoms with E-state index in [9.17, 15) is 9.90 Å². The Hall–Kier alpha value is -0.505. The molecule has 0 spiro atoms. The van der Waals surface area contributed by atoms with E-state index >= 15 is 0 Å². The molecule has 2 atom stereocenters. The minimum atomic E-state index is -0.970. The molecule has 2 radical (unpaired) electrons. The second kappa shape index (κ2) is 4.34. The number of carbonyl (C=O) groups is 1. The molecule has 0 aromatic rings. The molecular weight excluding hydrogens is 179 g/mol. The van der Waals surface area contributed by atoms with Gasteiger partial charge in [0, 0.05) is 5.31 Å². The molecule has 1 N–H and O–H groups in total. The summed E-state index contributed by atoms with van der Waals surface area (Å²) in [6.07, 6.45) is 1.82. The Kier molecular flexibility index (Phi) is 3.59. The summed E-state index contributed by atoms with van der Waals surface area (Å²) in [5.41, 5.74) is 0. The van der Waals surface area contributed by atoms with Crippen molar-refractivity contribution in [2.24, 2.45) is 0 Å². The smallest absolute Gasteiger partial charge is 0.303 e. The van der Waals surface area contributed by atoms with Crippen LogP contribution in [0.3, 0.4) is 0 Å². The maximum absolute atomic E-state index is 11.6. The van der Waals surface area contributed by atoms with Gasteiger partial charge in [0.15, 0.2) is 0 Å². The lowest BCUT2D eigenvalue weighted by Gasteiger charge is -2.34. The third-order valence-corrected chi connectivity index (χ3v) is 2.51. The van der Waals surface area contributed by atoms with Crippen LogP contribution in [0.4, 0.5) is 0 Å². The number of ether oxygens (including phenoxy) is 1. The van der Waals surface area contributed by atoms with E-state index in [1.807, 2.05) is 0 Å². The summed E-state index contributed by atoms with van der Waals surface area (Å²) in [7, 11) is 5.91. The van der Waals surface area contributed by atoms with E-state index < -0.39 is 11.4 Å². The quantitative estimate of drug-likeness (QED) is 0.533. The summed E-state index contributed by atoms with van der Waals surface area (Å²) in [6.45, 7) is 3.58. The van der Waals surface area contributed by atoms with Crippen LogP contribution in [0, 0.1) is 0 Å². The molecule has 1 rings (SSSR count). The van der Waals surface area contributed by atoms with Crippen LogP contribution in [0.1, 0.15) is 39.5 Å². The molecule has 1 aliphatic rings. The fourth-order valence-electron chi connectivity index (χ4n) is 1.79. The number of hydrogen-bond acceptors (Lipinski definition) is 3. The van der Waals surface area contributed by atoms with Gasteiger partial charge in [0.1, 0.15) is 0 Å². The molecule has 0 saturated heterocycles. The maximum atomic E-state index is 11.6. The van der Waals surface area contributed by atoms with Crippen molar-refractivity contribution in [3.05, 3.63) is 0 Å². The Bertz CT molecular complexity index is 217. The molecule has 14 heavy (non-hydrogen) atoms. The average Bonchev–Trinajstić information content (AvgIpc) is 2.02. The molecule has 0 aromatic heterocycles.